The van der Waals surface area contributed by atoms with Crippen LogP contribution in [0.1, 0.15) is 34.1 Å². The van der Waals surface area contributed by atoms with Gasteiger partial charge in [-0.15, -0.1) is 0 Å². The van der Waals surface area contributed by atoms with Crippen LogP contribution < -0.4 is 0 Å². The molecule has 0 unspecified atom stereocenters. The Balaban J connectivity index is 3.58. The second-order valence-corrected chi connectivity index (χ2v) is 4.23. The van der Waals surface area contributed by atoms with Gasteiger partial charge in [-0.3, -0.25) is 0 Å². The Hall–Kier alpha value is -0.120. The predicted molar refractivity (Wildman–Crippen MR) is 59.5 cm³/mol. The van der Waals surface area contributed by atoms with Crippen LogP contribution in [0.3, 0.4) is 0 Å². The molecule has 0 amide bonds. The normalized spacial score (nSPS) is 12.4. The number of likely N-dealkylation sites (N-methyl/N-ethyl adjacent to an activating group) is 1. The summed E-state index contributed by atoms with van der Waals surface area (Å²) in [5.74, 6) is 0. The molecule has 1 N–H and O–H groups in total. The van der Waals surface area contributed by atoms with Crippen LogP contribution in [0, 0.1) is 0 Å². The van der Waals surface area contributed by atoms with E-state index in [1.54, 1.807) is 0 Å². The van der Waals surface area contributed by atoms with E-state index >= 15 is 0 Å². The van der Waals surface area contributed by atoms with Crippen LogP contribution in [-0.4, -0.2) is 48.5 Å². The first-order chi connectivity index (χ1) is 6.49. The van der Waals surface area contributed by atoms with E-state index in [4.69, 9.17) is 4.74 Å². The van der Waals surface area contributed by atoms with Crippen LogP contribution >= 0.6 is 0 Å². The van der Waals surface area contributed by atoms with Crippen LogP contribution in [0.2, 0.25) is 0 Å². The third-order valence-electron chi connectivity index (χ3n) is 2.02. The van der Waals surface area contributed by atoms with E-state index in [0.29, 0.717) is 0 Å². The lowest BCUT2D eigenvalue weighted by atomic mass is 10.1. The van der Waals surface area contributed by atoms with Crippen molar-refractivity contribution in [3.05, 3.63) is 0 Å². The molecule has 3 nitrogen and oxygen atoms in total. The minimum Gasteiger partial charge on any atom is -0.389 e. The summed E-state index contributed by atoms with van der Waals surface area (Å²) in [7, 11) is 0. The molecular formula is C11H25NO2. The van der Waals surface area contributed by atoms with Crippen LogP contribution in [0.4, 0.5) is 0 Å². The van der Waals surface area contributed by atoms with Crippen molar-refractivity contribution in [2.24, 2.45) is 0 Å². The van der Waals surface area contributed by atoms with Gasteiger partial charge in [-0.25, -0.2) is 0 Å². The third kappa shape index (κ3) is 8.48. The molecule has 0 rings (SSSR count). The molecule has 3 heteroatoms. The van der Waals surface area contributed by atoms with E-state index in [0.717, 1.165) is 39.3 Å². The van der Waals surface area contributed by atoms with Crippen molar-refractivity contribution in [3.63, 3.8) is 0 Å². The minimum absolute atomic E-state index is 0.596. The van der Waals surface area contributed by atoms with Crippen LogP contribution in [-0.2, 0) is 4.74 Å². The summed E-state index contributed by atoms with van der Waals surface area (Å²) in [6.07, 6.45) is 1.04. The topological polar surface area (TPSA) is 32.7 Å². The number of hydrogen-bond acceptors (Lipinski definition) is 3. The van der Waals surface area contributed by atoms with E-state index < -0.39 is 5.60 Å². The molecule has 0 fully saturated rings. The molecule has 0 aromatic carbocycles. The van der Waals surface area contributed by atoms with Gasteiger partial charge in [-0.2, -0.15) is 0 Å². The molecule has 0 aliphatic carbocycles. The molecule has 0 radical (unpaired) electrons. The molecule has 86 valence electrons. The van der Waals surface area contributed by atoms with Gasteiger partial charge in [0.1, 0.15) is 0 Å². The molecule has 0 aliphatic rings. The molecule has 0 atom stereocenters. The molecule has 14 heavy (non-hydrogen) atoms. The lowest BCUT2D eigenvalue weighted by molar-refractivity contribution is 0.0340. The first kappa shape index (κ1) is 13.9. The molecular weight excluding hydrogens is 178 g/mol. The van der Waals surface area contributed by atoms with Gasteiger partial charge in [0, 0.05) is 26.3 Å². The number of rotatable bonds is 8. The van der Waals surface area contributed by atoms with Gasteiger partial charge in [0.25, 0.3) is 0 Å². The van der Waals surface area contributed by atoms with Gasteiger partial charge in [-0.1, -0.05) is 6.92 Å². The van der Waals surface area contributed by atoms with Crippen LogP contribution in [0.15, 0.2) is 0 Å². The summed E-state index contributed by atoms with van der Waals surface area (Å²) in [6.45, 7) is 12.1. The second-order valence-electron chi connectivity index (χ2n) is 4.23. The second kappa shape index (κ2) is 7.21. The van der Waals surface area contributed by atoms with Gasteiger partial charge in [0.2, 0.25) is 0 Å². The maximum Gasteiger partial charge on any atom is 0.0718 e. The summed E-state index contributed by atoms with van der Waals surface area (Å²) in [5, 5.41) is 9.65. The Bertz CT molecular complexity index is 132. The molecule has 0 saturated carbocycles. The number of hydrogen-bond donors (Lipinski definition) is 1. The maximum absolute atomic E-state index is 9.65. The van der Waals surface area contributed by atoms with Gasteiger partial charge >= 0.3 is 0 Å². The fourth-order valence-corrected chi connectivity index (χ4v) is 1.43. The van der Waals surface area contributed by atoms with Crippen molar-refractivity contribution in [2.45, 2.75) is 39.7 Å². The SMILES string of the molecule is CCOCCCN(CC)CC(C)(C)O. The molecule has 0 aromatic heterocycles. The highest BCUT2D eigenvalue weighted by atomic mass is 16.5. The molecule has 0 aromatic rings. The van der Waals surface area contributed by atoms with E-state index in [1.165, 1.54) is 0 Å². The monoisotopic (exact) mass is 203 g/mol. The quantitative estimate of drug-likeness (QED) is 0.607. The van der Waals surface area contributed by atoms with Gasteiger partial charge in [0.05, 0.1) is 5.60 Å². The van der Waals surface area contributed by atoms with Crippen molar-refractivity contribution in [1.82, 2.24) is 4.90 Å². The summed E-state index contributed by atoms with van der Waals surface area (Å²) in [4.78, 5) is 2.25. The maximum atomic E-state index is 9.65. The average molecular weight is 203 g/mol. The third-order valence-corrected chi connectivity index (χ3v) is 2.02. The van der Waals surface area contributed by atoms with Crippen LogP contribution in [0.5, 0.6) is 0 Å². The zero-order chi connectivity index (χ0) is 11.0. The Morgan fingerprint density at radius 1 is 1.29 bits per heavy atom. The minimum atomic E-state index is -0.596. The van der Waals surface area contributed by atoms with Gasteiger partial charge in [-0.05, 0) is 33.7 Å². The highest BCUT2D eigenvalue weighted by Gasteiger charge is 2.16. The molecule has 0 aliphatic heterocycles. The van der Waals surface area contributed by atoms with Crippen molar-refractivity contribution in [3.8, 4) is 0 Å². The highest BCUT2D eigenvalue weighted by Crippen LogP contribution is 2.05. The summed E-state index contributed by atoms with van der Waals surface area (Å²) in [6, 6.07) is 0. The van der Waals surface area contributed by atoms with Gasteiger partial charge in [0.15, 0.2) is 0 Å². The Kier molecular flexibility index (Phi) is 7.15. The van der Waals surface area contributed by atoms with Crippen molar-refractivity contribution >= 4 is 0 Å². The zero-order valence-corrected chi connectivity index (χ0v) is 10.0. The summed E-state index contributed by atoms with van der Waals surface area (Å²) >= 11 is 0. The lowest BCUT2D eigenvalue weighted by Crippen LogP contribution is -2.39. The van der Waals surface area contributed by atoms with E-state index in [2.05, 4.69) is 11.8 Å². The molecule has 0 bridgehead atoms. The number of ether oxygens (including phenoxy) is 1. The Morgan fingerprint density at radius 2 is 1.93 bits per heavy atom. The first-order valence-electron chi connectivity index (χ1n) is 5.52. The number of aliphatic hydroxyl groups is 1. The van der Waals surface area contributed by atoms with Crippen molar-refractivity contribution in [2.75, 3.05) is 32.8 Å². The Morgan fingerprint density at radius 3 is 2.36 bits per heavy atom. The molecule has 0 spiro atoms. The number of nitrogens with zero attached hydrogens (tertiary/aromatic N) is 1. The fourth-order valence-electron chi connectivity index (χ4n) is 1.43. The van der Waals surface area contributed by atoms with Crippen molar-refractivity contribution in [1.29, 1.82) is 0 Å². The van der Waals surface area contributed by atoms with E-state index in [1.807, 2.05) is 20.8 Å². The molecule has 0 saturated heterocycles. The van der Waals surface area contributed by atoms with E-state index in [9.17, 15) is 5.11 Å². The van der Waals surface area contributed by atoms with Crippen molar-refractivity contribution < 1.29 is 9.84 Å². The predicted octanol–water partition coefficient (Wildman–Crippen LogP) is 1.51. The smallest absolute Gasteiger partial charge is 0.0718 e. The highest BCUT2D eigenvalue weighted by molar-refractivity contribution is 4.71. The standard InChI is InChI=1S/C11H25NO2/c1-5-12(10-11(3,4)13)8-7-9-14-6-2/h13H,5-10H2,1-4H3. The lowest BCUT2D eigenvalue weighted by Gasteiger charge is -2.27. The van der Waals surface area contributed by atoms with Crippen LogP contribution in [0.25, 0.3) is 0 Å². The largest absolute Gasteiger partial charge is 0.389 e. The zero-order valence-electron chi connectivity index (χ0n) is 10.0. The summed E-state index contributed by atoms with van der Waals surface area (Å²) < 4.78 is 5.27. The Labute approximate surface area is 88.1 Å². The average Bonchev–Trinajstić information content (AvgIpc) is 2.08. The fraction of sp³-hybridized carbons (Fsp3) is 1.00. The molecule has 0 heterocycles. The van der Waals surface area contributed by atoms with Gasteiger partial charge < -0.3 is 14.7 Å². The first-order valence-corrected chi connectivity index (χ1v) is 5.52. The van der Waals surface area contributed by atoms with E-state index in [-0.39, 0.29) is 0 Å². The summed E-state index contributed by atoms with van der Waals surface area (Å²) in [5.41, 5.74) is -0.596.